The quantitative estimate of drug-likeness (QED) is 0.384. The van der Waals surface area contributed by atoms with Crippen LogP contribution in [0.1, 0.15) is 23.7 Å². The van der Waals surface area contributed by atoms with Gasteiger partial charge < -0.3 is 9.47 Å². The van der Waals surface area contributed by atoms with Crippen LogP contribution in [0, 0.1) is 10.1 Å². The van der Waals surface area contributed by atoms with E-state index in [2.05, 4.69) is 0 Å². The summed E-state index contributed by atoms with van der Waals surface area (Å²) in [5.41, 5.74) is 0.0503. The molecule has 3 rings (SSSR count). The van der Waals surface area contributed by atoms with Crippen LogP contribution in [0.3, 0.4) is 0 Å². The number of benzene rings is 2. The summed E-state index contributed by atoms with van der Waals surface area (Å²) in [6, 6.07) is 9.75. The van der Waals surface area contributed by atoms with Crippen LogP contribution in [-0.2, 0) is 14.8 Å². The van der Waals surface area contributed by atoms with Crippen molar-refractivity contribution < 1.29 is 27.6 Å². The summed E-state index contributed by atoms with van der Waals surface area (Å²) < 4.78 is 37.4. The Morgan fingerprint density at radius 1 is 1.17 bits per heavy atom. The third-order valence-corrected chi connectivity index (χ3v) is 6.35. The monoisotopic (exact) mass is 420 g/mol. The van der Waals surface area contributed by atoms with Gasteiger partial charge in [-0.2, -0.15) is 4.31 Å². The van der Waals surface area contributed by atoms with Crippen LogP contribution in [0.15, 0.2) is 47.4 Å². The van der Waals surface area contributed by atoms with Gasteiger partial charge in [0, 0.05) is 31.1 Å². The van der Waals surface area contributed by atoms with Gasteiger partial charge in [-0.05, 0) is 36.4 Å². The molecule has 154 valence electrons. The standard InChI is InChI=1S/C19H20N2O7S/c1-2-18(22)14-3-5-15(6-4-14)28-19-8-7-16(13-17(19)21(23)24)29(25,26)20-9-11-27-12-10-20/h3-8,13H,2,9-12H2,1H3. The third kappa shape index (κ3) is 4.61. The number of sulfonamides is 1. The molecule has 0 bridgehead atoms. The minimum Gasteiger partial charge on any atom is -0.450 e. The number of ether oxygens (including phenoxy) is 2. The second kappa shape index (κ2) is 8.68. The Bertz CT molecular complexity index is 1010. The van der Waals surface area contributed by atoms with E-state index in [1.165, 1.54) is 28.6 Å². The minimum atomic E-state index is -3.87. The average Bonchev–Trinajstić information content (AvgIpc) is 2.74. The molecule has 1 aliphatic rings. The average molecular weight is 420 g/mol. The first kappa shape index (κ1) is 20.9. The largest absolute Gasteiger partial charge is 0.450 e. The molecule has 0 aliphatic carbocycles. The Balaban J connectivity index is 1.88. The van der Waals surface area contributed by atoms with E-state index in [0.29, 0.717) is 17.7 Å². The lowest BCUT2D eigenvalue weighted by atomic mass is 10.1. The Labute approximate surface area is 168 Å². The lowest BCUT2D eigenvalue weighted by molar-refractivity contribution is -0.385. The summed E-state index contributed by atoms with van der Waals surface area (Å²) in [5.74, 6) is 0.176. The SMILES string of the molecule is CCC(=O)c1ccc(Oc2ccc(S(=O)(=O)N3CCOCC3)cc2[N+](=O)[O-])cc1. The lowest BCUT2D eigenvalue weighted by Crippen LogP contribution is -2.40. The molecule has 0 atom stereocenters. The van der Waals surface area contributed by atoms with Gasteiger partial charge in [-0.3, -0.25) is 14.9 Å². The number of rotatable bonds is 7. The van der Waals surface area contributed by atoms with E-state index in [-0.39, 0.29) is 42.7 Å². The highest BCUT2D eigenvalue weighted by Gasteiger charge is 2.29. The summed E-state index contributed by atoms with van der Waals surface area (Å²) in [5, 5.41) is 11.5. The van der Waals surface area contributed by atoms with Crippen molar-refractivity contribution in [3.05, 3.63) is 58.1 Å². The number of hydrogen-bond donors (Lipinski definition) is 0. The van der Waals surface area contributed by atoms with Crippen molar-refractivity contribution in [2.75, 3.05) is 26.3 Å². The van der Waals surface area contributed by atoms with E-state index in [1.807, 2.05) is 0 Å². The van der Waals surface area contributed by atoms with Crippen LogP contribution in [0.4, 0.5) is 5.69 Å². The zero-order valence-electron chi connectivity index (χ0n) is 15.7. The Hall–Kier alpha value is -2.82. The minimum absolute atomic E-state index is 0.0276. The van der Waals surface area contributed by atoms with Gasteiger partial charge in [0.25, 0.3) is 0 Å². The zero-order chi connectivity index (χ0) is 21.0. The number of nitrogens with zero attached hydrogens (tertiary/aromatic N) is 2. The molecule has 0 radical (unpaired) electrons. The summed E-state index contributed by atoms with van der Waals surface area (Å²) >= 11 is 0. The smallest absolute Gasteiger partial charge is 0.312 e. The molecule has 29 heavy (non-hydrogen) atoms. The summed E-state index contributed by atoms with van der Waals surface area (Å²) in [6.07, 6.45) is 0.366. The molecular weight excluding hydrogens is 400 g/mol. The first-order valence-corrected chi connectivity index (χ1v) is 10.4. The summed E-state index contributed by atoms with van der Waals surface area (Å²) in [7, 11) is -3.87. The molecule has 0 N–H and O–H groups in total. The molecule has 0 amide bonds. The van der Waals surface area contributed by atoms with Crippen LogP contribution in [0.2, 0.25) is 0 Å². The summed E-state index contributed by atoms with van der Waals surface area (Å²) in [4.78, 5) is 22.3. The van der Waals surface area contributed by atoms with E-state index in [4.69, 9.17) is 9.47 Å². The van der Waals surface area contributed by atoms with Crippen LogP contribution in [-0.4, -0.2) is 49.7 Å². The number of ketones is 1. The maximum atomic E-state index is 12.7. The van der Waals surface area contributed by atoms with Crippen LogP contribution in [0.25, 0.3) is 0 Å². The number of hydrogen-bond acceptors (Lipinski definition) is 7. The summed E-state index contributed by atoms with van der Waals surface area (Å²) in [6.45, 7) is 2.69. The van der Waals surface area contributed by atoms with E-state index < -0.39 is 20.6 Å². The van der Waals surface area contributed by atoms with Crippen molar-refractivity contribution >= 4 is 21.5 Å². The van der Waals surface area contributed by atoms with E-state index in [1.54, 1.807) is 19.1 Å². The molecule has 0 spiro atoms. The lowest BCUT2D eigenvalue weighted by Gasteiger charge is -2.26. The highest BCUT2D eigenvalue weighted by molar-refractivity contribution is 7.89. The fourth-order valence-corrected chi connectivity index (χ4v) is 4.29. The Morgan fingerprint density at radius 3 is 2.41 bits per heavy atom. The van der Waals surface area contributed by atoms with Gasteiger partial charge >= 0.3 is 5.69 Å². The van der Waals surface area contributed by atoms with Crippen LogP contribution in [0.5, 0.6) is 11.5 Å². The molecule has 1 saturated heterocycles. The van der Waals surface area contributed by atoms with Crippen molar-refractivity contribution in [3.8, 4) is 11.5 Å². The van der Waals surface area contributed by atoms with Gasteiger partial charge in [-0.1, -0.05) is 6.92 Å². The highest BCUT2D eigenvalue weighted by Crippen LogP contribution is 2.34. The number of carbonyl (C=O) groups excluding carboxylic acids is 1. The highest BCUT2D eigenvalue weighted by atomic mass is 32.2. The number of Topliss-reactive ketones (excluding diaryl/α,β-unsaturated/α-hetero) is 1. The Kier molecular flexibility index (Phi) is 6.26. The molecule has 10 heteroatoms. The van der Waals surface area contributed by atoms with E-state index in [9.17, 15) is 23.3 Å². The predicted octanol–water partition coefficient (Wildman–Crippen LogP) is 3.00. The topological polar surface area (TPSA) is 116 Å². The molecule has 0 aromatic heterocycles. The molecule has 2 aromatic rings. The van der Waals surface area contributed by atoms with Gasteiger partial charge in [-0.15, -0.1) is 0 Å². The molecule has 0 saturated carbocycles. The van der Waals surface area contributed by atoms with Gasteiger partial charge in [0.2, 0.25) is 15.8 Å². The number of carbonyl (C=O) groups is 1. The fraction of sp³-hybridized carbons (Fsp3) is 0.316. The molecular formula is C19H20N2O7S. The van der Waals surface area contributed by atoms with Crippen molar-refractivity contribution in [3.63, 3.8) is 0 Å². The Morgan fingerprint density at radius 2 is 1.83 bits per heavy atom. The van der Waals surface area contributed by atoms with Crippen molar-refractivity contribution in [2.45, 2.75) is 18.2 Å². The number of nitro groups is 1. The fourth-order valence-electron chi connectivity index (χ4n) is 2.86. The molecule has 1 aliphatic heterocycles. The van der Waals surface area contributed by atoms with Crippen LogP contribution < -0.4 is 4.74 Å². The van der Waals surface area contributed by atoms with Crippen molar-refractivity contribution in [1.29, 1.82) is 0 Å². The zero-order valence-corrected chi connectivity index (χ0v) is 16.6. The maximum Gasteiger partial charge on any atom is 0.312 e. The first-order chi connectivity index (χ1) is 13.8. The molecule has 1 heterocycles. The van der Waals surface area contributed by atoms with E-state index >= 15 is 0 Å². The predicted molar refractivity (Wildman–Crippen MR) is 104 cm³/mol. The number of morpholine rings is 1. The second-order valence-electron chi connectivity index (χ2n) is 6.31. The normalized spacial score (nSPS) is 15.1. The molecule has 2 aromatic carbocycles. The maximum absolute atomic E-state index is 12.7. The second-order valence-corrected chi connectivity index (χ2v) is 8.24. The molecule has 9 nitrogen and oxygen atoms in total. The van der Waals surface area contributed by atoms with Gasteiger partial charge in [-0.25, -0.2) is 8.42 Å². The first-order valence-electron chi connectivity index (χ1n) is 9.00. The van der Waals surface area contributed by atoms with Crippen molar-refractivity contribution in [1.82, 2.24) is 4.31 Å². The molecule has 1 fully saturated rings. The van der Waals surface area contributed by atoms with Gasteiger partial charge in [0.05, 0.1) is 23.0 Å². The number of nitro benzene ring substituents is 1. The third-order valence-electron chi connectivity index (χ3n) is 4.46. The van der Waals surface area contributed by atoms with E-state index in [0.717, 1.165) is 6.07 Å². The molecule has 0 unspecified atom stereocenters. The van der Waals surface area contributed by atoms with Crippen molar-refractivity contribution in [2.24, 2.45) is 0 Å². The van der Waals surface area contributed by atoms with Gasteiger partial charge in [0.15, 0.2) is 5.78 Å². The van der Waals surface area contributed by atoms with Gasteiger partial charge in [0.1, 0.15) is 5.75 Å². The van der Waals surface area contributed by atoms with Crippen LogP contribution >= 0.6 is 0 Å².